The Balaban J connectivity index is 1.83. The van der Waals surface area contributed by atoms with Crippen molar-refractivity contribution >= 4 is 5.95 Å². The predicted octanol–water partition coefficient (Wildman–Crippen LogP) is 2.79. The van der Waals surface area contributed by atoms with E-state index in [2.05, 4.69) is 22.9 Å². The number of nitrogens with zero attached hydrogens (tertiary/aromatic N) is 3. The van der Waals surface area contributed by atoms with Gasteiger partial charge in [0.05, 0.1) is 5.60 Å². The largest absolute Gasteiger partial charge is 0.388 e. The minimum atomic E-state index is -0.567. The minimum absolute atomic E-state index is 0.567. The van der Waals surface area contributed by atoms with Crippen LogP contribution in [0.4, 0.5) is 5.95 Å². The van der Waals surface area contributed by atoms with Gasteiger partial charge in [0.25, 0.3) is 0 Å². The summed E-state index contributed by atoms with van der Waals surface area (Å²) in [6.07, 6.45) is 6.54. The number of β-amino-alcohol motifs (C(OH)–C–C–N with tert-alkyl or cyclic N) is 1. The zero-order valence-corrected chi connectivity index (χ0v) is 12.6. The summed E-state index contributed by atoms with van der Waals surface area (Å²) in [6.45, 7) is 5.72. The highest BCUT2D eigenvalue weighted by Gasteiger charge is 2.33. The monoisotopic (exact) mass is 275 g/mol. The highest BCUT2D eigenvalue weighted by molar-refractivity contribution is 5.35. The number of aliphatic hydroxyl groups is 1. The highest BCUT2D eigenvalue weighted by Crippen LogP contribution is 2.36. The van der Waals surface area contributed by atoms with Crippen molar-refractivity contribution in [3.05, 3.63) is 17.5 Å². The van der Waals surface area contributed by atoms with Crippen LogP contribution in [0.25, 0.3) is 0 Å². The van der Waals surface area contributed by atoms with Crippen molar-refractivity contribution < 1.29 is 5.11 Å². The van der Waals surface area contributed by atoms with Crippen molar-refractivity contribution in [3.8, 4) is 0 Å². The van der Waals surface area contributed by atoms with Gasteiger partial charge in [0.2, 0.25) is 5.95 Å². The van der Waals surface area contributed by atoms with Crippen LogP contribution in [-0.4, -0.2) is 33.8 Å². The average Bonchev–Trinajstić information content (AvgIpc) is 2.36. The van der Waals surface area contributed by atoms with Gasteiger partial charge in [0, 0.05) is 30.4 Å². The molecule has 0 bridgehead atoms. The van der Waals surface area contributed by atoms with Crippen molar-refractivity contribution in [3.63, 3.8) is 0 Å². The Morgan fingerprint density at radius 1 is 1.35 bits per heavy atom. The van der Waals surface area contributed by atoms with Gasteiger partial charge in [-0.15, -0.1) is 0 Å². The Morgan fingerprint density at radius 3 is 2.80 bits per heavy atom. The van der Waals surface area contributed by atoms with Crippen LogP contribution >= 0.6 is 0 Å². The normalized spacial score (nSPS) is 27.4. The average molecular weight is 275 g/mol. The molecule has 0 spiro atoms. The molecular formula is C16H25N3O. The van der Waals surface area contributed by atoms with E-state index in [1.165, 1.54) is 25.0 Å². The molecule has 3 rings (SSSR count). The molecule has 2 heterocycles. The van der Waals surface area contributed by atoms with E-state index < -0.39 is 5.60 Å². The molecule has 1 aromatic rings. The molecule has 4 heteroatoms. The van der Waals surface area contributed by atoms with E-state index >= 15 is 0 Å². The molecular weight excluding hydrogens is 250 g/mol. The Kier molecular flexibility index (Phi) is 3.67. The van der Waals surface area contributed by atoms with Gasteiger partial charge in [-0.25, -0.2) is 9.97 Å². The zero-order chi connectivity index (χ0) is 14.2. The number of piperidine rings is 1. The minimum Gasteiger partial charge on any atom is -0.388 e. The summed E-state index contributed by atoms with van der Waals surface area (Å²) in [5.74, 6) is 1.45. The summed E-state index contributed by atoms with van der Waals surface area (Å²) in [5, 5.41) is 10.5. The third-order valence-electron chi connectivity index (χ3n) is 4.88. The van der Waals surface area contributed by atoms with Gasteiger partial charge < -0.3 is 10.0 Å². The first-order valence-corrected chi connectivity index (χ1v) is 7.92. The molecule has 0 amide bonds. The molecule has 0 radical (unpaired) electrons. The summed E-state index contributed by atoms with van der Waals surface area (Å²) in [7, 11) is 0. The fraction of sp³-hybridized carbons (Fsp3) is 0.750. The maximum Gasteiger partial charge on any atom is 0.225 e. The van der Waals surface area contributed by atoms with Crippen molar-refractivity contribution in [2.75, 3.05) is 18.0 Å². The van der Waals surface area contributed by atoms with E-state index in [0.29, 0.717) is 12.5 Å². The van der Waals surface area contributed by atoms with Crippen LogP contribution in [0.5, 0.6) is 0 Å². The van der Waals surface area contributed by atoms with Gasteiger partial charge in [-0.3, -0.25) is 0 Å². The molecule has 1 saturated carbocycles. The number of aromatic nitrogens is 2. The fourth-order valence-electron chi connectivity index (χ4n) is 3.20. The summed E-state index contributed by atoms with van der Waals surface area (Å²) < 4.78 is 0. The SMILES string of the molecule is CC[C@@]1(O)CCCN(c2nc(C)cc(C3CCC3)n2)C1. The molecule has 2 aliphatic rings. The Bertz CT molecular complexity index is 487. The lowest BCUT2D eigenvalue weighted by Crippen LogP contribution is -2.48. The Morgan fingerprint density at radius 2 is 2.15 bits per heavy atom. The standard InChI is InChI=1S/C16H25N3O/c1-3-16(20)8-5-9-19(11-16)15-17-12(2)10-14(18-15)13-6-4-7-13/h10,13,20H,3-9,11H2,1-2H3/t16-/m1/s1. The van der Waals surface area contributed by atoms with Crippen molar-refractivity contribution in [1.29, 1.82) is 0 Å². The lowest BCUT2D eigenvalue weighted by atomic mass is 9.82. The third kappa shape index (κ3) is 2.66. The summed E-state index contributed by atoms with van der Waals surface area (Å²) in [4.78, 5) is 11.6. The second kappa shape index (κ2) is 5.32. The maximum atomic E-state index is 10.5. The van der Waals surface area contributed by atoms with E-state index in [1.807, 2.05) is 6.92 Å². The molecule has 20 heavy (non-hydrogen) atoms. The number of hydrogen-bond donors (Lipinski definition) is 1. The molecule has 0 unspecified atom stereocenters. The number of anilines is 1. The van der Waals surface area contributed by atoms with Crippen LogP contribution in [0, 0.1) is 6.92 Å². The molecule has 1 aliphatic carbocycles. The van der Waals surface area contributed by atoms with Gasteiger partial charge in [-0.05, 0) is 45.1 Å². The van der Waals surface area contributed by atoms with Gasteiger partial charge in [-0.2, -0.15) is 0 Å². The molecule has 1 atom stereocenters. The van der Waals surface area contributed by atoms with E-state index in [-0.39, 0.29) is 0 Å². The zero-order valence-electron chi connectivity index (χ0n) is 12.6. The van der Waals surface area contributed by atoms with Gasteiger partial charge in [0.1, 0.15) is 0 Å². The third-order valence-corrected chi connectivity index (χ3v) is 4.88. The molecule has 2 fully saturated rings. The highest BCUT2D eigenvalue weighted by atomic mass is 16.3. The second-order valence-electron chi connectivity index (χ2n) is 6.47. The molecule has 110 valence electrons. The van der Waals surface area contributed by atoms with E-state index in [1.54, 1.807) is 0 Å². The molecule has 1 N–H and O–H groups in total. The van der Waals surface area contributed by atoms with E-state index in [0.717, 1.165) is 37.4 Å². The molecule has 1 aromatic heterocycles. The first-order chi connectivity index (χ1) is 9.59. The van der Waals surface area contributed by atoms with Gasteiger partial charge >= 0.3 is 0 Å². The second-order valence-corrected chi connectivity index (χ2v) is 6.47. The van der Waals surface area contributed by atoms with E-state index in [4.69, 9.17) is 4.98 Å². The lowest BCUT2D eigenvalue weighted by Gasteiger charge is -2.39. The summed E-state index contributed by atoms with van der Waals surface area (Å²) in [5.41, 5.74) is 1.68. The van der Waals surface area contributed by atoms with Gasteiger partial charge in [0.15, 0.2) is 0 Å². The molecule has 4 nitrogen and oxygen atoms in total. The first kappa shape index (κ1) is 13.8. The summed E-state index contributed by atoms with van der Waals surface area (Å²) in [6, 6.07) is 2.13. The maximum absolute atomic E-state index is 10.5. The Hall–Kier alpha value is -1.16. The summed E-state index contributed by atoms with van der Waals surface area (Å²) >= 11 is 0. The topological polar surface area (TPSA) is 49.2 Å². The quantitative estimate of drug-likeness (QED) is 0.921. The first-order valence-electron chi connectivity index (χ1n) is 7.92. The number of aryl methyl sites for hydroxylation is 1. The van der Waals surface area contributed by atoms with Gasteiger partial charge in [-0.1, -0.05) is 13.3 Å². The number of hydrogen-bond acceptors (Lipinski definition) is 4. The van der Waals surface area contributed by atoms with Crippen molar-refractivity contribution in [2.24, 2.45) is 0 Å². The fourth-order valence-corrected chi connectivity index (χ4v) is 3.20. The smallest absolute Gasteiger partial charge is 0.225 e. The van der Waals surface area contributed by atoms with Crippen LogP contribution in [0.3, 0.4) is 0 Å². The van der Waals surface area contributed by atoms with Crippen LogP contribution in [-0.2, 0) is 0 Å². The molecule has 0 aromatic carbocycles. The molecule has 1 aliphatic heterocycles. The van der Waals surface area contributed by atoms with Crippen molar-refractivity contribution in [1.82, 2.24) is 9.97 Å². The van der Waals surface area contributed by atoms with Crippen LogP contribution in [0.1, 0.15) is 62.8 Å². The Labute approximate surface area is 121 Å². The lowest BCUT2D eigenvalue weighted by molar-refractivity contribution is 0.0219. The van der Waals surface area contributed by atoms with Crippen LogP contribution in [0.15, 0.2) is 6.07 Å². The predicted molar refractivity (Wildman–Crippen MR) is 80.0 cm³/mol. The van der Waals surface area contributed by atoms with E-state index in [9.17, 15) is 5.11 Å². The van der Waals surface area contributed by atoms with Crippen molar-refractivity contribution in [2.45, 2.75) is 63.9 Å². The molecule has 1 saturated heterocycles. The number of rotatable bonds is 3. The van der Waals surface area contributed by atoms with Crippen LogP contribution < -0.4 is 4.90 Å². The van der Waals surface area contributed by atoms with Crippen LogP contribution in [0.2, 0.25) is 0 Å².